The van der Waals surface area contributed by atoms with Crippen LogP contribution in [0.1, 0.15) is 5.56 Å². The molecule has 0 unspecified atom stereocenters. The third-order valence-electron chi connectivity index (χ3n) is 2.89. The number of rotatable bonds is 5. The number of hydrogen-bond donors (Lipinski definition) is 1. The van der Waals surface area contributed by atoms with E-state index in [9.17, 15) is 14.9 Å². The molecule has 1 aromatic rings. The van der Waals surface area contributed by atoms with Gasteiger partial charge in [0.2, 0.25) is 0 Å². The molecule has 0 fully saturated rings. The van der Waals surface area contributed by atoms with Crippen LogP contribution in [0.15, 0.2) is 18.2 Å². The minimum atomic E-state index is -0.457. The number of urea groups is 1. The van der Waals surface area contributed by atoms with Gasteiger partial charge in [0.1, 0.15) is 0 Å². The standard InChI is InChI=1S/C13H20N4O3/c1-10-9-11(17(19)20)5-6-12(10)14-13(18)16(4)8-7-15(2)3/h5-6,9H,7-8H2,1-4H3,(H,14,18). The van der Waals surface area contributed by atoms with Crippen molar-refractivity contribution in [2.75, 3.05) is 39.5 Å². The molecule has 0 atom stereocenters. The van der Waals surface area contributed by atoms with E-state index in [2.05, 4.69) is 5.32 Å². The first-order valence-corrected chi connectivity index (χ1v) is 6.23. The van der Waals surface area contributed by atoms with Crippen molar-refractivity contribution in [3.05, 3.63) is 33.9 Å². The fraction of sp³-hybridized carbons (Fsp3) is 0.462. The summed E-state index contributed by atoms with van der Waals surface area (Å²) < 4.78 is 0. The van der Waals surface area contributed by atoms with Crippen molar-refractivity contribution >= 4 is 17.4 Å². The van der Waals surface area contributed by atoms with Crippen LogP contribution in [0.5, 0.6) is 0 Å². The maximum Gasteiger partial charge on any atom is 0.321 e. The molecule has 1 rings (SSSR count). The molecule has 0 radical (unpaired) electrons. The van der Waals surface area contributed by atoms with Gasteiger partial charge >= 0.3 is 6.03 Å². The van der Waals surface area contributed by atoms with Gasteiger partial charge in [-0.05, 0) is 32.6 Å². The van der Waals surface area contributed by atoms with Gasteiger partial charge in [0.25, 0.3) is 5.69 Å². The molecule has 0 aliphatic heterocycles. The van der Waals surface area contributed by atoms with Gasteiger partial charge in [0.15, 0.2) is 0 Å². The third-order valence-corrected chi connectivity index (χ3v) is 2.89. The van der Waals surface area contributed by atoms with E-state index in [1.54, 1.807) is 24.9 Å². The maximum atomic E-state index is 12.0. The van der Waals surface area contributed by atoms with Crippen molar-refractivity contribution in [3.8, 4) is 0 Å². The Kier molecular flexibility index (Phi) is 5.45. The van der Waals surface area contributed by atoms with Gasteiger partial charge in [-0.2, -0.15) is 0 Å². The Morgan fingerprint density at radius 3 is 2.45 bits per heavy atom. The van der Waals surface area contributed by atoms with Crippen LogP contribution in [0.3, 0.4) is 0 Å². The van der Waals surface area contributed by atoms with Gasteiger partial charge in [-0.25, -0.2) is 4.79 Å². The van der Waals surface area contributed by atoms with E-state index >= 15 is 0 Å². The molecular weight excluding hydrogens is 260 g/mol. The monoisotopic (exact) mass is 280 g/mol. The molecule has 0 saturated carbocycles. The number of nitrogens with one attached hydrogen (secondary N) is 1. The molecule has 110 valence electrons. The molecule has 0 saturated heterocycles. The van der Waals surface area contributed by atoms with Crippen LogP contribution in [0, 0.1) is 17.0 Å². The summed E-state index contributed by atoms with van der Waals surface area (Å²) in [6.07, 6.45) is 0. The van der Waals surface area contributed by atoms with Crippen LogP contribution in [0.4, 0.5) is 16.2 Å². The van der Waals surface area contributed by atoms with Gasteiger partial charge < -0.3 is 15.1 Å². The second kappa shape index (κ2) is 6.85. The number of nitro benzene ring substituents is 1. The number of aryl methyl sites for hydroxylation is 1. The number of anilines is 1. The normalized spacial score (nSPS) is 10.4. The molecule has 7 nitrogen and oxygen atoms in total. The summed E-state index contributed by atoms with van der Waals surface area (Å²) in [5, 5.41) is 13.4. The van der Waals surface area contributed by atoms with Crippen molar-refractivity contribution < 1.29 is 9.72 Å². The number of benzene rings is 1. The molecular formula is C13H20N4O3. The van der Waals surface area contributed by atoms with Crippen molar-refractivity contribution in [1.29, 1.82) is 0 Å². The van der Waals surface area contributed by atoms with Crippen molar-refractivity contribution in [3.63, 3.8) is 0 Å². The zero-order chi connectivity index (χ0) is 15.3. The van der Waals surface area contributed by atoms with Gasteiger partial charge in [-0.1, -0.05) is 0 Å². The Balaban J connectivity index is 2.68. The van der Waals surface area contributed by atoms with E-state index in [0.717, 1.165) is 6.54 Å². The van der Waals surface area contributed by atoms with Crippen LogP contribution in [-0.4, -0.2) is 55.0 Å². The largest absolute Gasteiger partial charge is 0.326 e. The van der Waals surface area contributed by atoms with Crippen LogP contribution in [0.2, 0.25) is 0 Å². The Hall–Kier alpha value is -2.15. The lowest BCUT2D eigenvalue weighted by molar-refractivity contribution is -0.384. The molecule has 1 aromatic carbocycles. The summed E-state index contributed by atoms with van der Waals surface area (Å²) in [4.78, 5) is 25.7. The predicted octanol–water partition coefficient (Wildman–Crippen LogP) is 1.93. The molecule has 0 aliphatic carbocycles. The minimum Gasteiger partial charge on any atom is -0.326 e. The molecule has 20 heavy (non-hydrogen) atoms. The van der Waals surface area contributed by atoms with Crippen LogP contribution in [0.25, 0.3) is 0 Å². The summed E-state index contributed by atoms with van der Waals surface area (Å²) in [7, 11) is 5.58. The highest BCUT2D eigenvalue weighted by molar-refractivity contribution is 5.90. The molecule has 0 bridgehead atoms. The molecule has 0 aliphatic rings. The molecule has 0 spiro atoms. The predicted molar refractivity (Wildman–Crippen MR) is 78.0 cm³/mol. The Bertz CT molecular complexity index is 502. The Labute approximate surface area is 118 Å². The lowest BCUT2D eigenvalue weighted by Crippen LogP contribution is -2.36. The summed E-state index contributed by atoms with van der Waals surface area (Å²) >= 11 is 0. The van der Waals surface area contributed by atoms with Gasteiger partial charge in [-0.3, -0.25) is 10.1 Å². The summed E-state index contributed by atoms with van der Waals surface area (Å²) in [6, 6.07) is 4.13. The number of amides is 2. The van der Waals surface area contributed by atoms with E-state index in [4.69, 9.17) is 0 Å². The number of carbonyl (C=O) groups is 1. The fourth-order valence-electron chi connectivity index (χ4n) is 1.56. The maximum absolute atomic E-state index is 12.0. The van der Waals surface area contributed by atoms with E-state index < -0.39 is 4.92 Å². The summed E-state index contributed by atoms with van der Waals surface area (Å²) in [5.74, 6) is 0. The molecule has 2 amide bonds. The zero-order valence-electron chi connectivity index (χ0n) is 12.2. The number of likely N-dealkylation sites (N-methyl/N-ethyl adjacent to an activating group) is 2. The van der Waals surface area contributed by atoms with E-state index in [-0.39, 0.29) is 11.7 Å². The molecule has 7 heteroatoms. The lowest BCUT2D eigenvalue weighted by atomic mass is 10.2. The first kappa shape index (κ1) is 15.9. The smallest absolute Gasteiger partial charge is 0.321 e. The minimum absolute atomic E-state index is 0.0152. The number of carbonyl (C=O) groups excluding carboxylic acids is 1. The quantitative estimate of drug-likeness (QED) is 0.660. The van der Waals surface area contributed by atoms with E-state index in [0.29, 0.717) is 17.8 Å². The van der Waals surface area contributed by atoms with Crippen LogP contribution >= 0.6 is 0 Å². The van der Waals surface area contributed by atoms with Crippen LogP contribution in [-0.2, 0) is 0 Å². The third kappa shape index (κ3) is 4.51. The average molecular weight is 280 g/mol. The second-order valence-electron chi connectivity index (χ2n) is 4.91. The molecule has 0 aromatic heterocycles. The van der Waals surface area contributed by atoms with E-state index in [1.807, 2.05) is 19.0 Å². The highest BCUT2D eigenvalue weighted by Gasteiger charge is 2.12. The molecule has 1 N–H and O–H groups in total. The van der Waals surface area contributed by atoms with Gasteiger partial charge in [-0.15, -0.1) is 0 Å². The van der Waals surface area contributed by atoms with E-state index in [1.165, 1.54) is 12.1 Å². The van der Waals surface area contributed by atoms with Crippen molar-refractivity contribution in [1.82, 2.24) is 9.80 Å². The topological polar surface area (TPSA) is 78.7 Å². The fourth-order valence-corrected chi connectivity index (χ4v) is 1.56. The highest BCUT2D eigenvalue weighted by atomic mass is 16.6. The van der Waals surface area contributed by atoms with Gasteiger partial charge in [0.05, 0.1) is 4.92 Å². The lowest BCUT2D eigenvalue weighted by Gasteiger charge is -2.20. The zero-order valence-corrected chi connectivity index (χ0v) is 12.2. The summed E-state index contributed by atoms with van der Waals surface area (Å²) in [5.41, 5.74) is 1.26. The Morgan fingerprint density at radius 1 is 1.30 bits per heavy atom. The number of non-ortho nitro benzene ring substituents is 1. The second-order valence-corrected chi connectivity index (χ2v) is 4.91. The van der Waals surface area contributed by atoms with Gasteiger partial charge in [0, 0.05) is 38.0 Å². The Morgan fingerprint density at radius 2 is 1.95 bits per heavy atom. The average Bonchev–Trinajstić information content (AvgIpc) is 2.37. The summed E-state index contributed by atoms with van der Waals surface area (Å²) in [6.45, 7) is 3.09. The first-order valence-electron chi connectivity index (χ1n) is 6.23. The molecule has 0 heterocycles. The van der Waals surface area contributed by atoms with Crippen LogP contribution < -0.4 is 5.32 Å². The SMILES string of the molecule is Cc1cc([N+](=O)[O-])ccc1NC(=O)N(C)CCN(C)C. The number of nitrogens with zero attached hydrogens (tertiary/aromatic N) is 3. The first-order chi connectivity index (χ1) is 9.31. The number of nitro groups is 1. The van der Waals surface area contributed by atoms with Crippen molar-refractivity contribution in [2.24, 2.45) is 0 Å². The number of hydrogen-bond acceptors (Lipinski definition) is 4. The highest BCUT2D eigenvalue weighted by Crippen LogP contribution is 2.21. The van der Waals surface area contributed by atoms with Crippen molar-refractivity contribution in [2.45, 2.75) is 6.92 Å².